The molecule has 1 aromatic heterocycles. The van der Waals surface area contributed by atoms with Crippen LogP contribution in [-0.2, 0) is 22.4 Å². The Kier molecular flexibility index (Phi) is 7.46. The summed E-state index contributed by atoms with van der Waals surface area (Å²) in [5.41, 5.74) is 2.55. The molecule has 6 heteroatoms. The highest BCUT2D eigenvalue weighted by molar-refractivity contribution is 5.79. The fourth-order valence-corrected chi connectivity index (χ4v) is 3.26. The number of ether oxygens (including phenoxy) is 2. The predicted molar refractivity (Wildman–Crippen MR) is 122 cm³/mol. The molecule has 6 nitrogen and oxygen atoms in total. The molecular weight excluding hydrogens is 406 g/mol. The van der Waals surface area contributed by atoms with Crippen LogP contribution in [0.5, 0.6) is 5.75 Å². The SMILES string of the molecule is Cc1oc(-c2ccccc2)nc1CCOc1ccc(CCC(=O)OC(C)(C)C)c(C=O)c1. The van der Waals surface area contributed by atoms with Gasteiger partial charge >= 0.3 is 5.97 Å². The molecular formula is C26H29NO5. The van der Waals surface area contributed by atoms with E-state index in [1.165, 1.54) is 0 Å². The molecule has 0 bridgehead atoms. The Labute approximate surface area is 188 Å². The fraction of sp³-hybridized carbons (Fsp3) is 0.346. The summed E-state index contributed by atoms with van der Waals surface area (Å²) in [6.45, 7) is 7.78. The molecule has 0 fully saturated rings. The number of aryl methyl sites for hydroxylation is 2. The molecule has 168 valence electrons. The molecule has 0 unspecified atom stereocenters. The highest BCUT2D eigenvalue weighted by atomic mass is 16.6. The summed E-state index contributed by atoms with van der Waals surface area (Å²) in [4.78, 5) is 28.1. The minimum Gasteiger partial charge on any atom is -0.493 e. The van der Waals surface area contributed by atoms with Crippen molar-refractivity contribution in [3.63, 3.8) is 0 Å². The Hall–Kier alpha value is -3.41. The Morgan fingerprint density at radius 1 is 1.09 bits per heavy atom. The van der Waals surface area contributed by atoms with Gasteiger partial charge in [0.15, 0.2) is 0 Å². The van der Waals surface area contributed by atoms with E-state index in [0.717, 1.165) is 28.9 Å². The maximum absolute atomic E-state index is 11.9. The number of benzene rings is 2. The van der Waals surface area contributed by atoms with E-state index in [1.807, 2.05) is 70.2 Å². The third-order valence-electron chi connectivity index (χ3n) is 4.78. The van der Waals surface area contributed by atoms with Gasteiger partial charge in [-0.1, -0.05) is 24.3 Å². The van der Waals surface area contributed by atoms with Crippen LogP contribution >= 0.6 is 0 Å². The molecule has 2 aromatic carbocycles. The van der Waals surface area contributed by atoms with Gasteiger partial charge in [-0.15, -0.1) is 0 Å². The van der Waals surface area contributed by atoms with Crippen LogP contribution in [0, 0.1) is 6.92 Å². The quantitative estimate of drug-likeness (QED) is 0.333. The van der Waals surface area contributed by atoms with Crippen molar-refractivity contribution in [2.24, 2.45) is 0 Å². The van der Waals surface area contributed by atoms with E-state index in [1.54, 1.807) is 6.07 Å². The third kappa shape index (κ3) is 6.54. The van der Waals surface area contributed by atoms with Gasteiger partial charge in [-0.2, -0.15) is 0 Å². The number of aromatic nitrogens is 1. The summed E-state index contributed by atoms with van der Waals surface area (Å²) < 4.78 is 16.9. The lowest BCUT2D eigenvalue weighted by Crippen LogP contribution is -2.24. The first-order valence-electron chi connectivity index (χ1n) is 10.7. The van der Waals surface area contributed by atoms with E-state index in [2.05, 4.69) is 4.98 Å². The van der Waals surface area contributed by atoms with Crippen molar-refractivity contribution in [2.45, 2.75) is 52.6 Å². The smallest absolute Gasteiger partial charge is 0.306 e. The zero-order chi connectivity index (χ0) is 23.1. The molecule has 0 radical (unpaired) electrons. The van der Waals surface area contributed by atoms with E-state index in [-0.39, 0.29) is 12.4 Å². The average molecular weight is 436 g/mol. The van der Waals surface area contributed by atoms with Gasteiger partial charge in [0, 0.05) is 24.0 Å². The number of esters is 1. The molecule has 3 aromatic rings. The minimum atomic E-state index is -0.522. The largest absolute Gasteiger partial charge is 0.493 e. The molecule has 0 saturated carbocycles. The predicted octanol–water partition coefficient (Wildman–Crippen LogP) is 5.36. The van der Waals surface area contributed by atoms with Gasteiger partial charge < -0.3 is 13.9 Å². The number of rotatable bonds is 9. The first-order valence-corrected chi connectivity index (χ1v) is 10.7. The second-order valence-corrected chi connectivity index (χ2v) is 8.55. The molecule has 0 aliphatic carbocycles. The van der Waals surface area contributed by atoms with Crippen molar-refractivity contribution in [3.8, 4) is 17.2 Å². The Morgan fingerprint density at radius 2 is 1.84 bits per heavy atom. The number of oxazole rings is 1. The number of hydrogen-bond acceptors (Lipinski definition) is 6. The van der Waals surface area contributed by atoms with Gasteiger partial charge in [-0.05, 0) is 63.9 Å². The molecule has 1 heterocycles. The Bertz CT molecular complexity index is 1060. The van der Waals surface area contributed by atoms with Crippen molar-refractivity contribution in [1.29, 1.82) is 0 Å². The van der Waals surface area contributed by atoms with Gasteiger partial charge in [0.2, 0.25) is 5.89 Å². The van der Waals surface area contributed by atoms with Gasteiger partial charge in [-0.3, -0.25) is 9.59 Å². The zero-order valence-electron chi connectivity index (χ0n) is 19.0. The third-order valence-corrected chi connectivity index (χ3v) is 4.78. The summed E-state index contributed by atoms with van der Waals surface area (Å²) in [6.07, 6.45) is 2.02. The lowest BCUT2D eigenvalue weighted by molar-refractivity contribution is -0.154. The molecule has 0 amide bonds. The van der Waals surface area contributed by atoms with Crippen LogP contribution in [0.3, 0.4) is 0 Å². The van der Waals surface area contributed by atoms with Crippen LogP contribution in [-0.4, -0.2) is 29.4 Å². The Balaban J connectivity index is 1.56. The van der Waals surface area contributed by atoms with Crippen molar-refractivity contribution < 1.29 is 23.5 Å². The zero-order valence-corrected chi connectivity index (χ0v) is 19.0. The van der Waals surface area contributed by atoms with Crippen molar-refractivity contribution in [2.75, 3.05) is 6.61 Å². The highest BCUT2D eigenvalue weighted by Gasteiger charge is 2.17. The monoisotopic (exact) mass is 435 g/mol. The van der Waals surface area contributed by atoms with Crippen molar-refractivity contribution in [1.82, 2.24) is 4.98 Å². The second-order valence-electron chi connectivity index (χ2n) is 8.55. The summed E-state index contributed by atoms with van der Waals surface area (Å²) in [5.74, 6) is 1.67. The van der Waals surface area contributed by atoms with Crippen LogP contribution in [0.1, 0.15) is 54.6 Å². The summed E-state index contributed by atoms with van der Waals surface area (Å²) in [6, 6.07) is 15.1. The molecule has 32 heavy (non-hydrogen) atoms. The van der Waals surface area contributed by atoms with Crippen LogP contribution in [0.15, 0.2) is 52.9 Å². The minimum absolute atomic E-state index is 0.216. The number of hydrogen-bond donors (Lipinski definition) is 0. The van der Waals surface area contributed by atoms with E-state index in [4.69, 9.17) is 13.9 Å². The van der Waals surface area contributed by atoms with E-state index in [0.29, 0.717) is 36.7 Å². The number of carbonyl (C=O) groups excluding carboxylic acids is 2. The van der Waals surface area contributed by atoms with Gasteiger partial charge in [0.25, 0.3) is 0 Å². The van der Waals surface area contributed by atoms with Crippen molar-refractivity contribution >= 4 is 12.3 Å². The molecule has 3 rings (SSSR count). The summed E-state index contributed by atoms with van der Waals surface area (Å²) in [5, 5.41) is 0. The molecule has 0 N–H and O–H groups in total. The highest BCUT2D eigenvalue weighted by Crippen LogP contribution is 2.23. The normalized spacial score (nSPS) is 11.2. The van der Waals surface area contributed by atoms with Crippen LogP contribution in [0.25, 0.3) is 11.5 Å². The topological polar surface area (TPSA) is 78.6 Å². The van der Waals surface area contributed by atoms with Crippen LogP contribution < -0.4 is 4.74 Å². The average Bonchev–Trinajstić information content (AvgIpc) is 3.12. The van der Waals surface area contributed by atoms with Gasteiger partial charge in [0.1, 0.15) is 23.4 Å². The summed E-state index contributed by atoms with van der Waals surface area (Å²) >= 11 is 0. The maximum Gasteiger partial charge on any atom is 0.306 e. The first kappa shape index (κ1) is 23.3. The second kappa shape index (κ2) is 10.3. The van der Waals surface area contributed by atoms with E-state index in [9.17, 15) is 9.59 Å². The van der Waals surface area contributed by atoms with Gasteiger partial charge in [-0.25, -0.2) is 4.98 Å². The van der Waals surface area contributed by atoms with E-state index >= 15 is 0 Å². The van der Waals surface area contributed by atoms with Gasteiger partial charge in [0.05, 0.1) is 12.3 Å². The Morgan fingerprint density at radius 3 is 2.53 bits per heavy atom. The maximum atomic E-state index is 11.9. The van der Waals surface area contributed by atoms with Crippen molar-refractivity contribution in [3.05, 3.63) is 71.1 Å². The fourth-order valence-electron chi connectivity index (χ4n) is 3.26. The molecule has 0 aliphatic heterocycles. The van der Waals surface area contributed by atoms with E-state index < -0.39 is 5.60 Å². The number of aldehydes is 1. The standard InChI is InChI=1S/C26H29NO5/c1-18-23(27-25(31-18)20-8-6-5-7-9-20)14-15-30-22-12-10-19(21(16-22)17-28)11-13-24(29)32-26(2,3)4/h5-10,12,16-17H,11,13-15H2,1-4H3. The molecule has 0 aliphatic rings. The first-order chi connectivity index (χ1) is 15.2. The molecule has 0 spiro atoms. The van der Waals surface area contributed by atoms with Crippen LogP contribution in [0.2, 0.25) is 0 Å². The number of nitrogens with zero attached hydrogens (tertiary/aromatic N) is 1. The lowest BCUT2D eigenvalue weighted by Gasteiger charge is -2.19. The lowest BCUT2D eigenvalue weighted by atomic mass is 10.0. The number of carbonyl (C=O) groups is 2. The summed E-state index contributed by atoms with van der Waals surface area (Å²) in [7, 11) is 0. The molecule has 0 saturated heterocycles. The molecule has 0 atom stereocenters. The van der Waals surface area contributed by atoms with Crippen LogP contribution in [0.4, 0.5) is 0 Å².